The molecule has 2 aliphatic rings. The molecule has 2 heterocycles. The maximum Gasteiger partial charge on any atom is 0.330 e. The van der Waals surface area contributed by atoms with Crippen molar-refractivity contribution < 1.29 is 14.2 Å². The van der Waals surface area contributed by atoms with Crippen LogP contribution in [0, 0.1) is 18.8 Å². The summed E-state index contributed by atoms with van der Waals surface area (Å²) < 4.78 is 20.8. The van der Waals surface area contributed by atoms with E-state index in [1.54, 1.807) is 13.1 Å². The number of fused-ring (bicyclic) bond motifs is 2. The van der Waals surface area contributed by atoms with E-state index >= 15 is 0 Å². The van der Waals surface area contributed by atoms with E-state index < -0.39 is 17.5 Å². The molecule has 5 rings (SSSR count). The Kier molecular flexibility index (Phi) is 6.25. The van der Waals surface area contributed by atoms with Crippen LogP contribution in [0.5, 0.6) is 0 Å². The summed E-state index contributed by atoms with van der Waals surface area (Å²) >= 11 is 0. The third kappa shape index (κ3) is 4.27. The van der Waals surface area contributed by atoms with E-state index in [9.17, 15) is 9.59 Å². The van der Waals surface area contributed by atoms with Gasteiger partial charge in [-0.1, -0.05) is 67.6 Å². The van der Waals surface area contributed by atoms with Crippen LogP contribution in [-0.4, -0.2) is 27.9 Å². The zero-order valence-corrected chi connectivity index (χ0v) is 19.5. The molecule has 2 aromatic carbocycles. The van der Waals surface area contributed by atoms with E-state index in [1.165, 1.54) is 4.57 Å². The van der Waals surface area contributed by atoms with Crippen LogP contribution in [0.3, 0.4) is 0 Å². The van der Waals surface area contributed by atoms with Crippen LogP contribution in [0.4, 0.5) is 0 Å². The molecule has 3 aromatic rings. The fourth-order valence-electron chi connectivity index (χ4n) is 5.44. The monoisotopic (exact) mass is 462 g/mol. The quantitative estimate of drug-likeness (QED) is 0.553. The highest BCUT2D eigenvalue weighted by atomic mass is 16.6. The number of aromatic amines is 1. The second kappa shape index (κ2) is 9.33. The zero-order valence-electron chi connectivity index (χ0n) is 19.5. The number of aromatic nitrogens is 2. The number of rotatable bonds is 8. The Balaban J connectivity index is 1.43. The minimum absolute atomic E-state index is 0.0490. The van der Waals surface area contributed by atoms with Gasteiger partial charge in [-0.25, -0.2) is 4.79 Å². The molecule has 178 valence electrons. The van der Waals surface area contributed by atoms with Crippen LogP contribution in [0.25, 0.3) is 0 Å². The highest BCUT2D eigenvalue weighted by Crippen LogP contribution is 2.56. The van der Waals surface area contributed by atoms with Crippen LogP contribution >= 0.6 is 0 Å². The maximum absolute atomic E-state index is 12.7. The van der Waals surface area contributed by atoms with Crippen molar-refractivity contribution in [2.75, 3.05) is 6.61 Å². The molecular formula is C27H30N2O5. The summed E-state index contributed by atoms with van der Waals surface area (Å²) in [6.45, 7) is 5.13. The van der Waals surface area contributed by atoms with Crippen LogP contribution in [0.15, 0.2) is 76.4 Å². The second-order valence-electron chi connectivity index (χ2n) is 9.51. The number of hydrogen-bond donors (Lipinski definition) is 1. The minimum Gasteiger partial charge on any atom is -0.374 e. The number of hydrogen-bond acceptors (Lipinski definition) is 5. The lowest BCUT2D eigenvalue weighted by molar-refractivity contribution is -0.168. The predicted octanol–water partition coefficient (Wildman–Crippen LogP) is 3.57. The first-order valence-corrected chi connectivity index (χ1v) is 11.7. The van der Waals surface area contributed by atoms with Crippen molar-refractivity contribution in [3.63, 3.8) is 0 Å². The topological polar surface area (TPSA) is 82.6 Å². The number of nitrogens with zero attached hydrogens (tertiary/aromatic N) is 1. The lowest BCUT2D eigenvalue weighted by Gasteiger charge is -2.34. The Labute approximate surface area is 198 Å². The van der Waals surface area contributed by atoms with Crippen molar-refractivity contribution in [3.05, 3.63) is 104 Å². The van der Waals surface area contributed by atoms with Gasteiger partial charge in [0.05, 0.1) is 25.9 Å². The third-order valence-corrected chi connectivity index (χ3v) is 7.03. The lowest BCUT2D eigenvalue weighted by atomic mass is 9.94. The molecule has 1 aliphatic heterocycles. The van der Waals surface area contributed by atoms with E-state index in [4.69, 9.17) is 14.2 Å². The van der Waals surface area contributed by atoms with Gasteiger partial charge in [0, 0.05) is 17.7 Å². The molecule has 5 atom stereocenters. The number of aryl methyl sites for hydroxylation is 1. The van der Waals surface area contributed by atoms with Crippen molar-refractivity contribution >= 4 is 0 Å². The molecule has 0 radical (unpaired) electrons. The van der Waals surface area contributed by atoms with Gasteiger partial charge >= 0.3 is 5.69 Å². The highest BCUT2D eigenvalue weighted by molar-refractivity contribution is 5.16. The van der Waals surface area contributed by atoms with E-state index in [0.717, 1.165) is 17.5 Å². The van der Waals surface area contributed by atoms with Gasteiger partial charge in [0.1, 0.15) is 11.8 Å². The van der Waals surface area contributed by atoms with E-state index in [0.29, 0.717) is 25.4 Å². The standard InChI is InChI=1S/C27H30N2O5/c1-18-13-27(17-32-15-20-9-5-3-6-10-20)23(33-16-21-11-7-4-8-12-21)22(18)25(34-27)29-14-19(2)24(30)28-26(29)31/h3-12,14,18,22-23,25H,13,15-17H2,1-2H3,(H,28,30,31)/t18-,22-,23-,25+,27-/m0/s1. The normalized spacial score (nSPS) is 27.8. The van der Waals surface area contributed by atoms with Crippen LogP contribution in [-0.2, 0) is 27.4 Å². The minimum atomic E-state index is -0.679. The average molecular weight is 463 g/mol. The Morgan fingerprint density at radius 1 is 1.03 bits per heavy atom. The van der Waals surface area contributed by atoms with Crippen molar-refractivity contribution in [2.45, 2.75) is 51.4 Å². The first-order chi connectivity index (χ1) is 16.5. The Morgan fingerprint density at radius 2 is 1.68 bits per heavy atom. The molecule has 0 spiro atoms. The maximum atomic E-state index is 12.7. The molecule has 34 heavy (non-hydrogen) atoms. The first kappa shape index (κ1) is 22.8. The van der Waals surface area contributed by atoms with Crippen molar-refractivity contribution in [2.24, 2.45) is 11.8 Å². The van der Waals surface area contributed by atoms with E-state index in [1.807, 2.05) is 60.7 Å². The van der Waals surface area contributed by atoms with Gasteiger partial charge in [-0.05, 0) is 30.4 Å². The fraction of sp³-hybridized carbons (Fsp3) is 0.407. The van der Waals surface area contributed by atoms with Crippen molar-refractivity contribution in [3.8, 4) is 0 Å². The van der Waals surface area contributed by atoms with E-state index in [-0.39, 0.29) is 23.5 Å². The number of benzene rings is 2. The molecule has 2 bridgehead atoms. The Bertz CT molecular complexity index is 1240. The predicted molar refractivity (Wildman–Crippen MR) is 127 cm³/mol. The van der Waals surface area contributed by atoms with Gasteiger partial charge in [-0.2, -0.15) is 0 Å². The summed E-state index contributed by atoms with van der Waals surface area (Å²) in [6, 6.07) is 20.1. The SMILES string of the molecule is Cc1cn([C@@H]2O[C@]3(COCc4ccccc4)C[C@H](C)[C@H]2[C@@H]3OCc2ccccc2)c(=O)[nH]c1=O. The van der Waals surface area contributed by atoms with Gasteiger partial charge < -0.3 is 14.2 Å². The molecule has 0 amide bonds. The molecule has 1 aliphatic carbocycles. The summed E-state index contributed by atoms with van der Waals surface area (Å²) in [5, 5.41) is 0. The number of nitrogens with one attached hydrogen (secondary N) is 1. The molecule has 1 saturated carbocycles. The van der Waals surface area contributed by atoms with Gasteiger partial charge in [0.15, 0.2) is 0 Å². The van der Waals surface area contributed by atoms with Gasteiger partial charge in [-0.15, -0.1) is 0 Å². The van der Waals surface area contributed by atoms with E-state index in [2.05, 4.69) is 11.9 Å². The van der Waals surface area contributed by atoms with Gasteiger partial charge in [0.2, 0.25) is 0 Å². The summed E-state index contributed by atoms with van der Waals surface area (Å²) in [5.41, 5.74) is 1.11. The second-order valence-corrected chi connectivity index (χ2v) is 9.51. The molecule has 1 N–H and O–H groups in total. The average Bonchev–Trinajstić information content (AvgIpc) is 3.29. The van der Waals surface area contributed by atoms with Crippen LogP contribution < -0.4 is 11.2 Å². The zero-order chi connectivity index (χ0) is 23.7. The molecule has 2 fully saturated rings. The summed E-state index contributed by atoms with van der Waals surface area (Å²) in [5.74, 6) is 0.200. The summed E-state index contributed by atoms with van der Waals surface area (Å²) in [4.78, 5) is 27.1. The fourth-order valence-corrected chi connectivity index (χ4v) is 5.44. The molecule has 1 aromatic heterocycles. The smallest absolute Gasteiger partial charge is 0.330 e. The highest BCUT2D eigenvalue weighted by Gasteiger charge is 2.64. The Hall–Kier alpha value is -3.00. The van der Waals surface area contributed by atoms with Crippen LogP contribution in [0.1, 0.15) is 36.3 Å². The Morgan fingerprint density at radius 3 is 2.35 bits per heavy atom. The summed E-state index contributed by atoms with van der Waals surface area (Å²) in [7, 11) is 0. The molecule has 7 nitrogen and oxygen atoms in total. The van der Waals surface area contributed by atoms with Gasteiger partial charge in [-0.3, -0.25) is 14.3 Å². The molecular weight excluding hydrogens is 432 g/mol. The number of ether oxygens (including phenoxy) is 3. The molecule has 7 heteroatoms. The first-order valence-electron chi connectivity index (χ1n) is 11.7. The third-order valence-electron chi connectivity index (χ3n) is 7.03. The van der Waals surface area contributed by atoms with Crippen molar-refractivity contribution in [1.29, 1.82) is 0 Å². The molecule has 1 saturated heterocycles. The lowest BCUT2D eigenvalue weighted by Crippen LogP contribution is -2.44. The van der Waals surface area contributed by atoms with Gasteiger partial charge in [0.25, 0.3) is 5.56 Å². The van der Waals surface area contributed by atoms with Crippen molar-refractivity contribution in [1.82, 2.24) is 9.55 Å². The largest absolute Gasteiger partial charge is 0.374 e. The number of H-pyrrole nitrogens is 1. The molecule has 0 unspecified atom stereocenters. The summed E-state index contributed by atoms with van der Waals surface area (Å²) in [6.07, 6.45) is 1.58. The van der Waals surface area contributed by atoms with Crippen LogP contribution in [0.2, 0.25) is 0 Å².